The van der Waals surface area contributed by atoms with Gasteiger partial charge in [-0.25, -0.2) is 0 Å². The fourth-order valence-electron chi connectivity index (χ4n) is 4.49. The first-order valence-electron chi connectivity index (χ1n) is 11.1. The molecule has 1 aliphatic rings. The summed E-state index contributed by atoms with van der Waals surface area (Å²) >= 11 is 0. The number of rotatable bonds is 4. The summed E-state index contributed by atoms with van der Waals surface area (Å²) in [5.41, 5.74) is 6.77. The molecule has 0 saturated carbocycles. The van der Waals surface area contributed by atoms with Crippen molar-refractivity contribution in [2.24, 2.45) is 0 Å². The van der Waals surface area contributed by atoms with Crippen LogP contribution in [0.15, 0.2) is 72.9 Å². The van der Waals surface area contributed by atoms with Crippen LogP contribution >= 0.6 is 0 Å². The average molecular weight is 436 g/mol. The van der Waals surface area contributed by atoms with Gasteiger partial charge in [-0.3, -0.25) is 4.98 Å². The molecule has 5 rings (SSSR count). The van der Waals surface area contributed by atoms with Crippen molar-refractivity contribution in [1.29, 1.82) is 5.26 Å². The predicted octanol–water partition coefficient (Wildman–Crippen LogP) is 5.67. The Morgan fingerprint density at radius 2 is 1.73 bits per heavy atom. The summed E-state index contributed by atoms with van der Waals surface area (Å²) < 4.78 is 11.6. The lowest BCUT2D eigenvalue weighted by molar-refractivity contribution is 0.0532. The van der Waals surface area contributed by atoms with Gasteiger partial charge in [0.2, 0.25) is 0 Å². The minimum Gasteiger partial charge on any atom is -0.495 e. The SMILES string of the molecule is COc1c(-c2ccc(N3CCOC(C)C3)cc2)cnc2c(-c3ccc(C#N)cc3)cccc12. The van der Waals surface area contributed by atoms with Gasteiger partial charge in [-0.1, -0.05) is 36.4 Å². The lowest BCUT2D eigenvalue weighted by atomic mass is 9.98. The molecule has 1 saturated heterocycles. The van der Waals surface area contributed by atoms with Crippen molar-refractivity contribution < 1.29 is 9.47 Å². The molecule has 33 heavy (non-hydrogen) atoms. The Bertz CT molecular complexity index is 1320. The Balaban J connectivity index is 1.53. The van der Waals surface area contributed by atoms with Crippen molar-refractivity contribution >= 4 is 16.6 Å². The molecule has 0 bridgehead atoms. The largest absolute Gasteiger partial charge is 0.495 e. The number of para-hydroxylation sites is 1. The number of benzene rings is 3. The number of anilines is 1. The van der Waals surface area contributed by atoms with E-state index >= 15 is 0 Å². The molecule has 164 valence electrons. The van der Waals surface area contributed by atoms with Crippen molar-refractivity contribution in [2.45, 2.75) is 13.0 Å². The molecule has 1 aliphatic heterocycles. The fourth-order valence-corrected chi connectivity index (χ4v) is 4.49. The van der Waals surface area contributed by atoms with Crippen LogP contribution in [0.2, 0.25) is 0 Å². The highest BCUT2D eigenvalue weighted by Gasteiger charge is 2.18. The van der Waals surface area contributed by atoms with Crippen LogP contribution in [-0.4, -0.2) is 37.9 Å². The van der Waals surface area contributed by atoms with Gasteiger partial charge in [0.15, 0.2) is 0 Å². The molecule has 4 aromatic rings. The maximum atomic E-state index is 9.09. The van der Waals surface area contributed by atoms with E-state index < -0.39 is 0 Å². The summed E-state index contributed by atoms with van der Waals surface area (Å²) in [5.74, 6) is 0.809. The maximum Gasteiger partial charge on any atom is 0.137 e. The zero-order chi connectivity index (χ0) is 22.8. The highest BCUT2D eigenvalue weighted by Crippen LogP contribution is 2.39. The van der Waals surface area contributed by atoms with E-state index in [0.717, 1.165) is 58.6 Å². The van der Waals surface area contributed by atoms with Crippen molar-refractivity contribution in [2.75, 3.05) is 31.7 Å². The Morgan fingerprint density at radius 1 is 1.00 bits per heavy atom. The van der Waals surface area contributed by atoms with E-state index in [1.54, 1.807) is 7.11 Å². The molecule has 1 aromatic heterocycles. The van der Waals surface area contributed by atoms with Crippen LogP contribution in [-0.2, 0) is 4.74 Å². The van der Waals surface area contributed by atoms with Gasteiger partial charge in [0, 0.05) is 41.5 Å². The summed E-state index contributed by atoms with van der Waals surface area (Å²) in [7, 11) is 1.70. The molecule has 3 aromatic carbocycles. The quantitative estimate of drug-likeness (QED) is 0.413. The molecule has 5 nitrogen and oxygen atoms in total. The van der Waals surface area contributed by atoms with Crippen molar-refractivity contribution in [3.05, 3.63) is 78.5 Å². The zero-order valence-corrected chi connectivity index (χ0v) is 18.8. The normalized spacial score (nSPS) is 15.9. The van der Waals surface area contributed by atoms with E-state index in [4.69, 9.17) is 19.7 Å². The first-order valence-corrected chi connectivity index (χ1v) is 11.1. The predicted molar refractivity (Wildman–Crippen MR) is 132 cm³/mol. The molecule has 1 fully saturated rings. The van der Waals surface area contributed by atoms with Crippen molar-refractivity contribution in [1.82, 2.24) is 4.98 Å². The fraction of sp³-hybridized carbons (Fsp3) is 0.214. The number of hydrogen-bond donors (Lipinski definition) is 0. The zero-order valence-electron chi connectivity index (χ0n) is 18.8. The molecule has 1 unspecified atom stereocenters. The number of nitriles is 1. The number of aromatic nitrogens is 1. The van der Waals surface area contributed by atoms with Crippen LogP contribution in [0.25, 0.3) is 33.2 Å². The van der Waals surface area contributed by atoms with Crippen LogP contribution in [0.1, 0.15) is 12.5 Å². The highest BCUT2D eigenvalue weighted by molar-refractivity contribution is 6.00. The van der Waals surface area contributed by atoms with Gasteiger partial charge in [-0.2, -0.15) is 5.26 Å². The molecule has 1 atom stereocenters. The van der Waals surface area contributed by atoms with E-state index in [2.05, 4.69) is 42.2 Å². The Morgan fingerprint density at radius 3 is 2.42 bits per heavy atom. The number of methoxy groups -OCH3 is 1. The first kappa shape index (κ1) is 21.0. The average Bonchev–Trinajstić information content (AvgIpc) is 2.88. The number of morpholine rings is 1. The van der Waals surface area contributed by atoms with Gasteiger partial charge in [-0.05, 0) is 48.4 Å². The number of pyridine rings is 1. The third-order valence-corrected chi connectivity index (χ3v) is 6.16. The number of nitrogens with zero attached hydrogens (tertiary/aromatic N) is 3. The number of hydrogen-bond acceptors (Lipinski definition) is 5. The molecule has 0 spiro atoms. The van der Waals surface area contributed by atoms with Crippen molar-refractivity contribution in [3.63, 3.8) is 0 Å². The van der Waals surface area contributed by atoms with Crippen molar-refractivity contribution in [3.8, 4) is 34.1 Å². The lowest BCUT2D eigenvalue weighted by Crippen LogP contribution is -2.41. The number of ether oxygens (including phenoxy) is 2. The first-order chi connectivity index (χ1) is 16.2. The molecule has 5 heteroatoms. The topological polar surface area (TPSA) is 58.4 Å². The number of fused-ring (bicyclic) bond motifs is 1. The monoisotopic (exact) mass is 435 g/mol. The van der Waals surface area contributed by atoms with Crippen LogP contribution in [0, 0.1) is 11.3 Å². The van der Waals surface area contributed by atoms with Gasteiger partial charge >= 0.3 is 0 Å². The summed E-state index contributed by atoms with van der Waals surface area (Å²) in [5, 5.41) is 10.1. The second-order valence-electron chi connectivity index (χ2n) is 8.27. The molecule has 0 aliphatic carbocycles. The minimum atomic E-state index is 0.244. The summed E-state index contributed by atoms with van der Waals surface area (Å²) in [6, 6.07) is 24.4. The standard InChI is InChI=1S/C28H25N3O2/c1-19-18-31(14-15-33-19)23-12-10-22(11-13-23)26-17-30-27-24(4-3-5-25(27)28(26)32-2)21-8-6-20(16-29)7-9-21/h3-13,17,19H,14-15,18H2,1-2H3. The summed E-state index contributed by atoms with van der Waals surface area (Å²) in [6.07, 6.45) is 2.13. The highest BCUT2D eigenvalue weighted by atomic mass is 16.5. The molecule has 0 amide bonds. The van der Waals surface area contributed by atoms with Gasteiger partial charge in [0.05, 0.1) is 37.0 Å². The lowest BCUT2D eigenvalue weighted by Gasteiger charge is -2.33. The van der Waals surface area contributed by atoms with E-state index in [-0.39, 0.29) is 6.10 Å². The van der Waals surface area contributed by atoms with Gasteiger partial charge < -0.3 is 14.4 Å². The minimum absolute atomic E-state index is 0.244. The third kappa shape index (κ3) is 4.02. The Hall–Kier alpha value is -3.88. The molecule has 0 radical (unpaired) electrons. The molecular weight excluding hydrogens is 410 g/mol. The van der Waals surface area contributed by atoms with E-state index in [0.29, 0.717) is 5.56 Å². The second-order valence-corrected chi connectivity index (χ2v) is 8.27. The van der Waals surface area contributed by atoms with Crippen LogP contribution in [0.4, 0.5) is 5.69 Å². The maximum absolute atomic E-state index is 9.09. The Labute approximate surface area is 193 Å². The van der Waals surface area contributed by atoms with Crippen LogP contribution < -0.4 is 9.64 Å². The third-order valence-electron chi connectivity index (χ3n) is 6.16. The van der Waals surface area contributed by atoms with Gasteiger partial charge in [0.1, 0.15) is 5.75 Å². The molecule has 0 N–H and O–H groups in total. The van der Waals surface area contributed by atoms with E-state index in [1.807, 2.05) is 48.7 Å². The summed E-state index contributed by atoms with van der Waals surface area (Å²) in [4.78, 5) is 7.19. The van der Waals surface area contributed by atoms with Crippen LogP contribution in [0.3, 0.4) is 0 Å². The van der Waals surface area contributed by atoms with E-state index in [9.17, 15) is 0 Å². The van der Waals surface area contributed by atoms with Gasteiger partial charge in [0.25, 0.3) is 0 Å². The van der Waals surface area contributed by atoms with Crippen LogP contribution in [0.5, 0.6) is 5.75 Å². The van der Waals surface area contributed by atoms with E-state index in [1.165, 1.54) is 5.69 Å². The Kier molecular flexibility index (Phi) is 5.68. The molecular formula is C28H25N3O2. The smallest absolute Gasteiger partial charge is 0.137 e. The van der Waals surface area contributed by atoms with Gasteiger partial charge in [-0.15, -0.1) is 0 Å². The molecule has 2 heterocycles. The summed E-state index contributed by atoms with van der Waals surface area (Å²) in [6.45, 7) is 4.67. The second kappa shape index (κ2) is 8.93.